The minimum absolute atomic E-state index is 0.112. The van der Waals surface area contributed by atoms with Gasteiger partial charge in [0.15, 0.2) is 0 Å². The van der Waals surface area contributed by atoms with Crippen LogP contribution in [0.2, 0.25) is 0 Å². The van der Waals surface area contributed by atoms with Crippen LogP contribution in [0.15, 0.2) is 42.7 Å². The number of aromatic nitrogens is 1. The number of hydrogen-bond acceptors (Lipinski definition) is 3. The Morgan fingerprint density at radius 1 is 1.24 bits per heavy atom. The normalized spacial score (nSPS) is 10.1. The average Bonchev–Trinajstić information content (AvgIpc) is 2.32. The number of aliphatic carboxylic acids is 1. The maximum absolute atomic E-state index is 10.7. The molecule has 0 amide bonds. The van der Waals surface area contributed by atoms with Crippen LogP contribution in [0.3, 0.4) is 0 Å². The van der Waals surface area contributed by atoms with E-state index in [2.05, 4.69) is 4.98 Å². The van der Waals surface area contributed by atoms with Crippen LogP contribution >= 0.6 is 0 Å². The van der Waals surface area contributed by atoms with Crippen molar-refractivity contribution < 1.29 is 9.90 Å². The van der Waals surface area contributed by atoms with Crippen LogP contribution in [0.5, 0.6) is 0 Å². The first-order chi connectivity index (χ1) is 8.18. The van der Waals surface area contributed by atoms with Gasteiger partial charge in [0.1, 0.15) is 0 Å². The predicted octanol–water partition coefficient (Wildman–Crippen LogP) is 1.96. The van der Waals surface area contributed by atoms with Gasteiger partial charge in [-0.3, -0.25) is 9.78 Å². The molecule has 0 aliphatic heterocycles. The fourth-order valence-electron chi connectivity index (χ4n) is 1.67. The van der Waals surface area contributed by atoms with E-state index in [9.17, 15) is 4.79 Å². The molecule has 0 unspecified atom stereocenters. The molecule has 0 fully saturated rings. The van der Waals surface area contributed by atoms with Gasteiger partial charge < -0.3 is 10.8 Å². The van der Waals surface area contributed by atoms with Crippen LogP contribution in [0, 0.1) is 0 Å². The van der Waals surface area contributed by atoms with Gasteiger partial charge in [-0.15, -0.1) is 0 Å². The van der Waals surface area contributed by atoms with E-state index >= 15 is 0 Å². The summed E-state index contributed by atoms with van der Waals surface area (Å²) in [5.74, 6) is -0.913. The fourth-order valence-corrected chi connectivity index (χ4v) is 1.67. The standard InChI is InChI=1S/C13H12N2O2/c14-13-10(6-12(16)17)7-15-8-11(13)9-4-2-1-3-5-9/h1-5,7-8H,6H2,(H2,14,15)(H,16,17). The number of benzene rings is 1. The Labute approximate surface area is 98.7 Å². The zero-order valence-corrected chi connectivity index (χ0v) is 9.13. The van der Waals surface area contributed by atoms with Gasteiger partial charge in [-0.25, -0.2) is 0 Å². The van der Waals surface area contributed by atoms with Gasteiger partial charge in [-0.1, -0.05) is 30.3 Å². The summed E-state index contributed by atoms with van der Waals surface area (Å²) < 4.78 is 0. The maximum atomic E-state index is 10.7. The molecule has 1 aromatic carbocycles. The third-order valence-corrected chi connectivity index (χ3v) is 2.50. The first kappa shape index (κ1) is 11.1. The van der Waals surface area contributed by atoms with E-state index in [4.69, 9.17) is 10.8 Å². The number of carbonyl (C=O) groups is 1. The monoisotopic (exact) mass is 228 g/mol. The molecule has 4 nitrogen and oxygen atoms in total. The molecule has 2 rings (SSSR count). The molecule has 3 N–H and O–H groups in total. The van der Waals surface area contributed by atoms with Crippen molar-refractivity contribution in [3.63, 3.8) is 0 Å². The second-order valence-corrected chi connectivity index (χ2v) is 3.70. The lowest BCUT2D eigenvalue weighted by Gasteiger charge is -2.08. The van der Waals surface area contributed by atoms with E-state index in [1.807, 2.05) is 30.3 Å². The molecule has 0 atom stereocenters. The number of pyridine rings is 1. The molecule has 0 aliphatic rings. The highest BCUT2D eigenvalue weighted by molar-refractivity contribution is 5.81. The first-order valence-electron chi connectivity index (χ1n) is 5.18. The number of hydrogen-bond donors (Lipinski definition) is 2. The summed E-state index contributed by atoms with van der Waals surface area (Å²) >= 11 is 0. The molecular formula is C13H12N2O2. The van der Waals surface area contributed by atoms with Crippen LogP contribution in [0.1, 0.15) is 5.56 Å². The summed E-state index contributed by atoms with van der Waals surface area (Å²) in [4.78, 5) is 14.7. The molecule has 0 saturated heterocycles. The molecule has 0 aliphatic carbocycles. The number of anilines is 1. The number of nitrogens with two attached hydrogens (primary N) is 1. The summed E-state index contributed by atoms with van der Waals surface area (Å²) in [7, 11) is 0. The molecule has 0 saturated carbocycles. The van der Waals surface area contributed by atoms with Gasteiger partial charge in [0.05, 0.1) is 6.42 Å². The molecule has 0 radical (unpaired) electrons. The average molecular weight is 228 g/mol. The van der Waals surface area contributed by atoms with E-state index < -0.39 is 5.97 Å². The Balaban J connectivity index is 2.46. The second kappa shape index (κ2) is 4.65. The lowest BCUT2D eigenvalue weighted by Crippen LogP contribution is -2.05. The summed E-state index contributed by atoms with van der Waals surface area (Å²) in [6.07, 6.45) is 3.03. The zero-order chi connectivity index (χ0) is 12.3. The van der Waals surface area contributed by atoms with Crippen molar-refractivity contribution in [1.29, 1.82) is 0 Å². The van der Waals surface area contributed by atoms with E-state index in [1.165, 1.54) is 6.20 Å². The second-order valence-electron chi connectivity index (χ2n) is 3.70. The van der Waals surface area contributed by atoms with Gasteiger partial charge in [-0.2, -0.15) is 0 Å². The lowest BCUT2D eigenvalue weighted by molar-refractivity contribution is -0.136. The smallest absolute Gasteiger partial charge is 0.307 e. The largest absolute Gasteiger partial charge is 0.481 e. The van der Waals surface area contributed by atoms with Gasteiger partial charge >= 0.3 is 5.97 Å². The third-order valence-electron chi connectivity index (χ3n) is 2.50. The van der Waals surface area contributed by atoms with Crippen molar-refractivity contribution in [3.05, 3.63) is 48.3 Å². The quantitative estimate of drug-likeness (QED) is 0.841. The van der Waals surface area contributed by atoms with Crippen molar-refractivity contribution in [1.82, 2.24) is 4.98 Å². The van der Waals surface area contributed by atoms with Crippen LogP contribution < -0.4 is 5.73 Å². The third kappa shape index (κ3) is 2.42. The molecule has 17 heavy (non-hydrogen) atoms. The van der Waals surface area contributed by atoms with Gasteiger partial charge in [-0.05, 0) is 5.56 Å². The highest BCUT2D eigenvalue weighted by Crippen LogP contribution is 2.27. The molecule has 2 aromatic rings. The van der Waals surface area contributed by atoms with Crippen molar-refractivity contribution in [3.8, 4) is 11.1 Å². The van der Waals surface area contributed by atoms with Crippen molar-refractivity contribution in [2.45, 2.75) is 6.42 Å². The summed E-state index contributed by atoms with van der Waals surface area (Å²) in [5.41, 5.74) is 8.68. The van der Waals surface area contributed by atoms with Gasteiger partial charge in [0.25, 0.3) is 0 Å². The predicted molar refractivity (Wildman–Crippen MR) is 65.4 cm³/mol. The number of nitrogens with zero attached hydrogens (tertiary/aromatic N) is 1. The summed E-state index contributed by atoms with van der Waals surface area (Å²) in [5, 5.41) is 8.77. The Morgan fingerprint density at radius 2 is 1.94 bits per heavy atom. The Kier molecular flexibility index (Phi) is 3.05. The van der Waals surface area contributed by atoms with E-state index in [1.54, 1.807) is 6.20 Å². The molecule has 86 valence electrons. The minimum atomic E-state index is -0.913. The first-order valence-corrected chi connectivity index (χ1v) is 5.18. The van der Waals surface area contributed by atoms with Crippen LogP contribution in [0.4, 0.5) is 5.69 Å². The van der Waals surface area contributed by atoms with Gasteiger partial charge in [0, 0.05) is 29.2 Å². The summed E-state index contributed by atoms with van der Waals surface area (Å²) in [6, 6.07) is 9.54. The van der Waals surface area contributed by atoms with Crippen LogP contribution in [-0.2, 0) is 11.2 Å². The molecule has 0 spiro atoms. The SMILES string of the molecule is Nc1c(CC(=O)O)cncc1-c1ccccc1. The molecule has 0 bridgehead atoms. The van der Waals surface area contributed by atoms with Crippen molar-refractivity contribution in [2.75, 3.05) is 5.73 Å². The topological polar surface area (TPSA) is 76.2 Å². The Hall–Kier alpha value is -2.36. The molecule has 1 aromatic heterocycles. The Morgan fingerprint density at radius 3 is 2.59 bits per heavy atom. The summed E-state index contributed by atoms with van der Waals surface area (Å²) in [6.45, 7) is 0. The van der Waals surface area contributed by atoms with E-state index in [0.717, 1.165) is 11.1 Å². The van der Waals surface area contributed by atoms with Crippen LogP contribution in [-0.4, -0.2) is 16.1 Å². The van der Waals surface area contributed by atoms with E-state index in [0.29, 0.717) is 11.3 Å². The molecule has 1 heterocycles. The fraction of sp³-hybridized carbons (Fsp3) is 0.0769. The van der Waals surface area contributed by atoms with Crippen LogP contribution in [0.25, 0.3) is 11.1 Å². The van der Waals surface area contributed by atoms with E-state index in [-0.39, 0.29) is 6.42 Å². The Bertz CT molecular complexity index is 538. The number of nitrogen functional groups attached to an aromatic ring is 1. The molecular weight excluding hydrogens is 216 g/mol. The lowest BCUT2D eigenvalue weighted by atomic mass is 10.0. The number of carboxylic acid groups (broad SMARTS) is 1. The number of carboxylic acids is 1. The number of rotatable bonds is 3. The maximum Gasteiger partial charge on any atom is 0.307 e. The highest BCUT2D eigenvalue weighted by atomic mass is 16.4. The molecule has 4 heteroatoms. The zero-order valence-electron chi connectivity index (χ0n) is 9.13. The minimum Gasteiger partial charge on any atom is -0.481 e. The van der Waals surface area contributed by atoms with Crippen molar-refractivity contribution >= 4 is 11.7 Å². The van der Waals surface area contributed by atoms with Crippen molar-refractivity contribution in [2.24, 2.45) is 0 Å². The van der Waals surface area contributed by atoms with Gasteiger partial charge in [0.2, 0.25) is 0 Å². The highest BCUT2D eigenvalue weighted by Gasteiger charge is 2.10.